The molecular weight excluding hydrogens is 454 g/mol. The van der Waals surface area contributed by atoms with Crippen molar-refractivity contribution in [1.82, 2.24) is 14.5 Å². The number of nitrogens with one attached hydrogen (secondary N) is 2. The summed E-state index contributed by atoms with van der Waals surface area (Å²) in [5, 5.41) is 2.75. The van der Waals surface area contributed by atoms with Gasteiger partial charge in [0, 0.05) is 36.3 Å². The minimum atomic E-state index is -3.80. The molecule has 2 N–H and O–H groups in total. The number of fused-ring (bicyclic) bond motifs is 1. The molecule has 5 rings (SSSR count). The number of carbonyl (C=O) groups is 1. The molecule has 9 nitrogen and oxygen atoms in total. The molecule has 0 saturated carbocycles. The molecule has 0 radical (unpaired) electrons. The van der Waals surface area contributed by atoms with Crippen molar-refractivity contribution in [3.05, 3.63) is 84.4 Å². The maximum absolute atomic E-state index is 12.9. The quantitative estimate of drug-likeness (QED) is 0.435. The van der Waals surface area contributed by atoms with Crippen molar-refractivity contribution in [3.8, 4) is 17.4 Å². The zero-order valence-corrected chi connectivity index (χ0v) is 19.0. The largest absolute Gasteiger partial charge is 0.439 e. The van der Waals surface area contributed by atoms with E-state index in [1.165, 1.54) is 6.07 Å². The van der Waals surface area contributed by atoms with Crippen LogP contribution in [0.5, 0.6) is 11.6 Å². The van der Waals surface area contributed by atoms with Gasteiger partial charge in [0.25, 0.3) is 10.0 Å². The number of aryl methyl sites for hydroxylation is 2. The monoisotopic (exact) mass is 475 g/mol. The van der Waals surface area contributed by atoms with Crippen LogP contribution in [0.3, 0.4) is 0 Å². The van der Waals surface area contributed by atoms with Crippen LogP contribution in [0.25, 0.3) is 5.82 Å². The van der Waals surface area contributed by atoms with Gasteiger partial charge < -0.3 is 14.6 Å². The van der Waals surface area contributed by atoms with E-state index < -0.39 is 10.0 Å². The number of hydrogen-bond donors (Lipinski definition) is 2. The van der Waals surface area contributed by atoms with Crippen molar-refractivity contribution >= 4 is 27.3 Å². The minimum Gasteiger partial charge on any atom is -0.439 e. The molecule has 0 fully saturated rings. The molecule has 1 amide bonds. The number of amides is 1. The number of nitrogens with zero attached hydrogens (tertiary/aromatic N) is 3. The number of rotatable bonds is 6. The van der Waals surface area contributed by atoms with E-state index in [-0.39, 0.29) is 10.8 Å². The second-order valence-corrected chi connectivity index (χ2v) is 9.48. The van der Waals surface area contributed by atoms with E-state index in [1.807, 2.05) is 29.1 Å². The fourth-order valence-electron chi connectivity index (χ4n) is 3.65. The second-order valence-electron chi connectivity index (χ2n) is 7.80. The standard InChI is InChI=1S/C24H21N5O4S/c1-16-25-22(29-12-2-3-13-29)15-24(26-16)33-19-7-5-18(6-8-19)28-34(31,32)20-9-10-21-17(14-20)4-11-23(30)27-21/h2-3,5-10,12-15,28H,4,11H2,1H3,(H,27,30). The van der Waals surface area contributed by atoms with Gasteiger partial charge in [0.2, 0.25) is 11.8 Å². The average Bonchev–Trinajstić information content (AvgIpc) is 3.35. The summed E-state index contributed by atoms with van der Waals surface area (Å²) in [6.45, 7) is 1.78. The molecule has 34 heavy (non-hydrogen) atoms. The Morgan fingerprint density at radius 1 is 1.00 bits per heavy atom. The lowest BCUT2D eigenvalue weighted by molar-refractivity contribution is -0.116. The third kappa shape index (κ3) is 4.62. The first-order valence-corrected chi connectivity index (χ1v) is 12.1. The van der Waals surface area contributed by atoms with E-state index in [0.717, 1.165) is 5.56 Å². The molecule has 1 aliphatic heterocycles. The second kappa shape index (κ2) is 8.64. The van der Waals surface area contributed by atoms with Crippen molar-refractivity contribution in [2.45, 2.75) is 24.7 Å². The Kier molecular flexibility index (Phi) is 5.50. The maximum Gasteiger partial charge on any atom is 0.261 e. The normalized spacial score (nSPS) is 13.1. The van der Waals surface area contributed by atoms with Gasteiger partial charge in [-0.3, -0.25) is 9.52 Å². The number of benzene rings is 2. The Labute approximate surface area is 196 Å². The topological polar surface area (TPSA) is 115 Å². The minimum absolute atomic E-state index is 0.0680. The zero-order chi connectivity index (χ0) is 23.7. The van der Waals surface area contributed by atoms with Crippen molar-refractivity contribution in [1.29, 1.82) is 0 Å². The summed E-state index contributed by atoms with van der Waals surface area (Å²) in [7, 11) is -3.80. The van der Waals surface area contributed by atoms with E-state index in [2.05, 4.69) is 20.0 Å². The number of anilines is 2. The van der Waals surface area contributed by atoms with Crippen LogP contribution in [-0.2, 0) is 21.2 Å². The van der Waals surface area contributed by atoms with Crippen molar-refractivity contribution in [2.24, 2.45) is 0 Å². The first-order valence-electron chi connectivity index (χ1n) is 10.6. The summed E-state index contributed by atoms with van der Waals surface area (Å²) in [5.41, 5.74) is 1.84. The highest BCUT2D eigenvalue weighted by Crippen LogP contribution is 2.28. The van der Waals surface area contributed by atoms with Crippen LogP contribution in [0.15, 0.2) is 78.0 Å². The Balaban J connectivity index is 1.31. The Hall–Kier alpha value is -4.18. The number of hydrogen-bond acceptors (Lipinski definition) is 6. The van der Waals surface area contributed by atoms with Gasteiger partial charge >= 0.3 is 0 Å². The van der Waals surface area contributed by atoms with Gasteiger partial charge in [-0.15, -0.1) is 0 Å². The summed E-state index contributed by atoms with van der Waals surface area (Å²) in [4.78, 5) is 20.4. The molecule has 4 aromatic rings. The van der Waals surface area contributed by atoms with E-state index in [4.69, 9.17) is 4.74 Å². The molecule has 0 bridgehead atoms. The van der Waals surface area contributed by atoms with Crippen LogP contribution in [0, 0.1) is 6.92 Å². The summed E-state index contributed by atoms with van der Waals surface area (Å²) >= 11 is 0. The molecule has 0 spiro atoms. The fourth-order valence-corrected chi connectivity index (χ4v) is 4.76. The van der Waals surface area contributed by atoms with Gasteiger partial charge in [0.05, 0.1) is 4.90 Å². The van der Waals surface area contributed by atoms with Gasteiger partial charge in [-0.25, -0.2) is 13.4 Å². The smallest absolute Gasteiger partial charge is 0.261 e. The van der Waals surface area contributed by atoms with Crippen LogP contribution < -0.4 is 14.8 Å². The first kappa shape index (κ1) is 21.7. The Morgan fingerprint density at radius 3 is 2.53 bits per heavy atom. The van der Waals surface area contributed by atoms with Gasteiger partial charge in [0.15, 0.2) is 0 Å². The highest BCUT2D eigenvalue weighted by atomic mass is 32.2. The maximum atomic E-state index is 12.9. The average molecular weight is 476 g/mol. The van der Waals surface area contributed by atoms with Crippen LogP contribution >= 0.6 is 0 Å². The van der Waals surface area contributed by atoms with Gasteiger partial charge in [-0.05, 0) is 73.5 Å². The summed E-state index contributed by atoms with van der Waals surface area (Å²) in [5.74, 6) is 2.06. The highest BCUT2D eigenvalue weighted by Gasteiger charge is 2.20. The Morgan fingerprint density at radius 2 is 1.76 bits per heavy atom. The Bertz CT molecular complexity index is 1470. The SMILES string of the molecule is Cc1nc(Oc2ccc(NS(=O)(=O)c3ccc4c(c3)CCC(=O)N4)cc2)cc(-n2cccc2)n1. The molecule has 1 aliphatic rings. The predicted molar refractivity (Wildman–Crippen MR) is 127 cm³/mol. The molecule has 2 aromatic carbocycles. The molecule has 172 valence electrons. The molecule has 0 atom stereocenters. The first-order chi connectivity index (χ1) is 16.4. The van der Waals surface area contributed by atoms with E-state index >= 15 is 0 Å². The third-order valence-electron chi connectivity index (χ3n) is 5.28. The molecule has 0 saturated heterocycles. The van der Waals surface area contributed by atoms with Crippen molar-refractivity contribution in [3.63, 3.8) is 0 Å². The van der Waals surface area contributed by atoms with E-state index in [0.29, 0.717) is 47.5 Å². The summed E-state index contributed by atoms with van der Waals surface area (Å²) < 4.78 is 36.0. The number of sulfonamides is 1. The number of carbonyl (C=O) groups excluding carboxylic acids is 1. The fraction of sp³-hybridized carbons (Fsp3) is 0.125. The van der Waals surface area contributed by atoms with Gasteiger partial charge in [0.1, 0.15) is 17.4 Å². The van der Waals surface area contributed by atoms with E-state index in [1.54, 1.807) is 49.4 Å². The van der Waals surface area contributed by atoms with Crippen LogP contribution in [-0.4, -0.2) is 28.9 Å². The summed E-state index contributed by atoms with van der Waals surface area (Å²) in [6, 6.07) is 16.8. The van der Waals surface area contributed by atoms with Gasteiger partial charge in [-0.2, -0.15) is 4.98 Å². The third-order valence-corrected chi connectivity index (χ3v) is 6.66. The zero-order valence-electron chi connectivity index (χ0n) is 18.2. The summed E-state index contributed by atoms with van der Waals surface area (Å²) in [6.07, 6.45) is 4.60. The van der Waals surface area contributed by atoms with Crippen LogP contribution in [0.4, 0.5) is 11.4 Å². The predicted octanol–water partition coefficient (Wildman–Crippen LogP) is 4.05. The number of aromatic nitrogens is 3. The van der Waals surface area contributed by atoms with Gasteiger partial charge in [-0.1, -0.05) is 0 Å². The van der Waals surface area contributed by atoms with E-state index in [9.17, 15) is 13.2 Å². The van der Waals surface area contributed by atoms with Crippen molar-refractivity contribution < 1.29 is 17.9 Å². The molecule has 0 aliphatic carbocycles. The molecule has 2 aromatic heterocycles. The molecule has 0 unspecified atom stereocenters. The van der Waals surface area contributed by atoms with Crippen molar-refractivity contribution in [2.75, 3.05) is 10.0 Å². The lowest BCUT2D eigenvalue weighted by atomic mass is 10.0. The van der Waals surface area contributed by atoms with Crippen LogP contribution in [0.1, 0.15) is 17.8 Å². The van der Waals surface area contributed by atoms with Crippen LogP contribution in [0.2, 0.25) is 0 Å². The lowest BCUT2D eigenvalue weighted by Gasteiger charge is -2.18. The highest BCUT2D eigenvalue weighted by molar-refractivity contribution is 7.92. The molecular formula is C24H21N5O4S. The molecule has 10 heteroatoms. The lowest BCUT2D eigenvalue weighted by Crippen LogP contribution is -2.20. The molecule has 3 heterocycles. The number of ether oxygens (including phenoxy) is 1.